The van der Waals surface area contributed by atoms with E-state index < -0.39 is 27.1 Å². The van der Waals surface area contributed by atoms with E-state index in [0.29, 0.717) is 38.7 Å². The van der Waals surface area contributed by atoms with E-state index in [1.165, 1.54) is 23.1 Å². The Labute approximate surface area is 258 Å². The fourth-order valence-electron chi connectivity index (χ4n) is 5.02. The zero-order chi connectivity index (χ0) is 30.5. The van der Waals surface area contributed by atoms with Gasteiger partial charge in [0.1, 0.15) is 0 Å². The van der Waals surface area contributed by atoms with Crippen LogP contribution in [-0.4, -0.2) is 25.5 Å². The molecule has 1 saturated heterocycles. The first-order valence-corrected chi connectivity index (χ1v) is 16.2. The number of imide groups is 1. The Morgan fingerprint density at radius 1 is 0.905 bits per heavy atom. The van der Waals surface area contributed by atoms with Crippen LogP contribution in [0.2, 0.25) is 10.0 Å². The number of thioether (sulfide) groups is 1. The molecule has 8 nitrogen and oxygen atoms in total. The van der Waals surface area contributed by atoms with Crippen LogP contribution in [0, 0.1) is 0 Å². The minimum atomic E-state index is -4.13. The van der Waals surface area contributed by atoms with E-state index in [2.05, 4.69) is 10.0 Å². The third-order valence-electron chi connectivity index (χ3n) is 7.08. The molecule has 0 spiro atoms. The number of carbonyl (C=O) groups excluding carboxylic acids is 3. The first kappa shape index (κ1) is 30.2. The Kier molecular flexibility index (Phi) is 8.19. The maximum absolute atomic E-state index is 13.8. The van der Waals surface area contributed by atoms with Crippen LogP contribution in [0.1, 0.15) is 61.8 Å². The standard InChI is InChI=1S/C30H27Cl2N3O5S2/c1-15(2)19-6-5-7-20(16(3)4)26(19)34-42(39,40)18-9-11-24-21(13-18)25(27-28(36)33-30(38)41-27)29(37)35(24)14-17-8-10-22(31)23(32)12-17/h5-13,15-16,34H,14H2,1-4H3,(H,33,36,38)/b27-25-. The summed E-state index contributed by atoms with van der Waals surface area (Å²) in [7, 11) is -4.13. The van der Waals surface area contributed by atoms with Gasteiger partial charge >= 0.3 is 0 Å². The van der Waals surface area contributed by atoms with Gasteiger partial charge in [0.2, 0.25) is 0 Å². The number of fused-ring (bicyclic) bond motifs is 1. The summed E-state index contributed by atoms with van der Waals surface area (Å²) >= 11 is 12.9. The molecule has 1 fully saturated rings. The summed E-state index contributed by atoms with van der Waals surface area (Å²) in [5, 5.41) is 2.23. The predicted octanol–water partition coefficient (Wildman–Crippen LogP) is 7.28. The molecule has 2 heterocycles. The highest BCUT2D eigenvalue weighted by molar-refractivity contribution is 8.18. The van der Waals surface area contributed by atoms with E-state index in [9.17, 15) is 22.8 Å². The van der Waals surface area contributed by atoms with Crippen LogP contribution in [0.4, 0.5) is 16.2 Å². The third-order valence-corrected chi connectivity index (χ3v) is 10.0. The van der Waals surface area contributed by atoms with Gasteiger partial charge in [0, 0.05) is 5.56 Å². The third kappa shape index (κ3) is 5.56. The van der Waals surface area contributed by atoms with Crippen molar-refractivity contribution in [1.82, 2.24) is 5.32 Å². The lowest BCUT2D eigenvalue weighted by Gasteiger charge is -2.21. The number of hydrogen-bond donors (Lipinski definition) is 2. The average Bonchev–Trinajstić information content (AvgIpc) is 3.39. The molecule has 3 amide bonds. The molecular formula is C30H27Cl2N3O5S2. The smallest absolute Gasteiger partial charge is 0.290 e. The highest BCUT2D eigenvalue weighted by Crippen LogP contribution is 2.45. The molecule has 0 unspecified atom stereocenters. The monoisotopic (exact) mass is 643 g/mol. The van der Waals surface area contributed by atoms with Crippen molar-refractivity contribution in [3.05, 3.63) is 91.8 Å². The molecule has 2 N–H and O–H groups in total. The van der Waals surface area contributed by atoms with E-state index in [1.807, 2.05) is 45.9 Å². The maximum atomic E-state index is 13.8. The van der Waals surface area contributed by atoms with Gasteiger partial charge in [0.25, 0.3) is 27.1 Å². The second-order valence-electron chi connectivity index (χ2n) is 10.6. The van der Waals surface area contributed by atoms with Crippen molar-refractivity contribution in [2.45, 2.75) is 51.0 Å². The topological polar surface area (TPSA) is 113 Å². The molecule has 2 aliphatic heterocycles. The first-order valence-electron chi connectivity index (χ1n) is 13.1. The summed E-state index contributed by atoms with van der Waals surface area (Å²) in [5.74, 6) is -1.14. The molecule has 3 aromatic carbocycles. The van der Waals surface area contributed by atoms with Crippen molar-refractivity contribution in [3.8, 4) is 0 Å². The van der Waals surface area contributed by atoms with Crippen molar-refractivity contribution in [1.29, 1.82) is 0 Å². The maximum Gasteiger partial charge on any atom is 0.290 e. The van der Waals surface area contributed by atoms with Gasteiger partial charge in [-0.05, 0) is 70.6 Å². The quantitative estimate of drug-likeness (QED) is 0.262. The number of halogens is 2. The Balaban J connectivity index is 1.62. The Bertz CT molecular complexity index is 1780. The Morgan fingerprint density at radius 3 is 2.14 bits per heavy atom. The minimum Gasteiger partial charge on any atom is -0.303 e. The number of benzene rings is 3. The second-order valence-corrected chi connectivity index (χ2v) is 14.1. The van der Waals surface area contributed by atoms with Crippen molar-refractivity contribution in [3.63, 3.8) is 0 Å². The van der Waals surface area contributed by atoms with Gasteiger partial charge in [0.05, 0.1) is 43.3 Å². The average molecular weight is 645 g/mol. The molecule has 12 heteroatoms. The van der Waals surface area contributed by atoms with Gasteiger partial charge in [-0.3, -0.25) is 24.4 Å². The number of para-hydroxylation sites is 1. The molecule has 0 aromatic heterocycles. The molecule has 0 atom stereocenters. The minimum absolute atomic E-state index is 0.0408. The zero-order valence-electron chi connectivity index (χ0n) is 23.1. The summed E-state index contributed by atoms with van der Waals surface area (Å²) in [6.45, 7) is 8.04. The van der Waals surface area contributed by atoms with E-state index in [0.717, 1.165) is 11.1 Å². The summed E-state index contributed by atoms with van der Waals surface area (Å²) in [5.41, 5.74) is 3.49. The van der Waals surface area contributed by atoms with Gasteiger partial charge in [-0.15, -0.1) is 0 Å². The number of amides is 3. The molecule has 0 bridgehead atoms. The number of hydrogen-bond acceptors (Lipinski definition) is 6. The molecule has 0 radical (unpaired) electrons. The Morgan fingerprint density at radius 2 is 1.57 bits per heavy atom. The van der Waals surface area contributed by atoms with Crippen molar-refractivity contribution < 1.29 is 22.8 Å². The largest absolute Gasteiger partial charge is 0.303 e. The van der Waals surface area contributed by atoms with E-state index in [-0.39, 0.29) is 39.3 Å². The molecule has 5 rings (SSSR count). The molecule has 0 saturated carbocycles. The fraction of sp³-hybridized carbons (Fsp3) is 0.233. The van der Waals surface area contributed by atoms with Crippen LogP contribution in [0.3, 0.4) is 0 Å². The summed E-state index contributed by atoms with van der Waals surface area (Å²) in [6, 6.07) is 15.0. The first-order chi connectivity index (χ1) is 19.8. The van der Waals surface area contributed by atoms with E-state index in [4.69, 9.17) is 23.2 Å². The van der Waals surface area contributed by atoms with Crippen LogP contribution >= 0.6 is 35.0 Å². The Hall–Kier alpha value is -3.31. The van der Waals surface area contributed by atoms with Crippen molar-refractivity contribution >= 4 is 79.0 Å². The van der Waals surface area contributed by atoms with Crippen LogP contribution < -0.4 is 14.9 Å². The SMILES string of the molecule is CC(C)c1cccc(C(C)C)c1NS(=O)(=O)c1ccc2c(c1)/C(=C1/SC(=O)NC1=O)C(=O)N2Cc1ccc(Cl)c(Cl)c1. The molecule has 3 aromatic rings. The fourth-order valence-corrected chi connectivity index (χ4v) is 7.25. The van der Waals surface area contributed by atoms with Crippen LogP contribution in [-0.2, 0) is 26.2 Å². The number of sulfonamides is 1. The molecular weight excluding hydrogens is 617 g/mol. The number of carbonyl (C=O) groups is 3. The molecule has 42 heavy (non-hydrogen) atoms. The summed E-state index contributed by atoms with van der Waals surface area (Å²) in [4.78, 5) is 39.7. The van der Waals surface area contributed by atoms with Crippen LogP contribution in [0.25, 0.3) is 5.57 Å². The number of rotatable bonds is 7. The van der Waals surface area contributed by atoms with Gasteiger partial charge in [-0.25, -0.2) is 8.42 Å². The molecule has 2 aliphatic rings. The summed E-state index contributed by atoms with van der Waals surface area (Å²) < 4.78 is 30.4. The van der Waals surface area contributed by atoms with Crippen LogP contribution in [0.15, 0.2) is 64.4 Å². The lowest BCUT2D eigenvalue weighted by molar-refractivity contribution is -0.116. The zero-order valence-corrected chi connectivity index (χ0v) is 26.3. The lowest BCUT2D eigenvalue weighted by atomic mass is 9.93. The highest BCUT2D eigenvalue weighted by atomic mass is 35.5. The van der Waals surface area contributed by atoms with E-state index in [1.54, 1.807) is 18.2 Å². The van der Waals surface area contributed by atoms with Gasteiger partial charge in [-0.2, -0.15) is 0 Å². The molecule has 218 valence electrons. The second kappa shape index (κ2) is 11.4. The van der Waals surface area contributed by atoms with Crippen molar-refractivity contribution in [2.75, 3.05) is 9.62 Å². The van der Waals surface area contributed by atoms with Gasteiger partial charge in [0.15, 0.2) is 0 Å². The number of anilines is 2. The van der Waals surface area contributed by atoms with Gasteiger partial charge in [-0.1, -0.05) is 75.2 Å². The highest BCUT2D eigenvalue weighted by Gasteiger charge is 2.40. The molecule has 0 aliphatic carbocycles. The summed E-state index contributed by atoms with van der Waals surface area (Å²) in [6.07, 6.45) is 0. The predicted molar refractivity (Wildman–Crippen MR) is 168 cm³/mol. The lowest BCUT2D eigenvalue weighted by Crippen LogP contribution is -2.26. The van der Waals surface area contributed by atoms with Gasteiger partial charge < -0.3 is 4.90 Å². The van der Waals surface area contributed by atoms with Crippen molar-refractivity contribution in [2.24, 2.45) is 0 Å². The number of nitrogens with zero attached hydrogens (tertiary/aromatic N) is 1. The number of nitrogens with one attached hydrogen (secondary N) is 2. The normalized spacial score (nSPS) is 17.0. The van der Waals surface area contributed by atoms with E-state index >= 15 is 0 Å². The van der Waals surface area contributed by atoms with Crippen LogP contribution in [0.5, 0.6) is 0 Å².